The second kappa shape index (κ2) is 4.73. The SMILES string of the molecule is Cl.N#C[C@@H](N)c1ccccc1. The Morgan fingerprint density at radius 1 is 1.27 bits per heavy atom. The Morgan fingerprint density at radius 3 is 2.27 bits per heavy atom. The molecule has 2 nitrogen and oxygen atoms in total. The molecule has 1 atom stereocenters. The molecule has 0 saturated heterocycles. The first-order chi connectivity index (χ1) is 4.84. The number of nitrogens with two attached hydrogens (primary N) is 1. The molecular weight excluding hydrogens is 160 g/mol. The molecule has 3 heteroatoms. The molecule has 0 aliphatic rings. The lowest BCUT2D eigenvalue weighted by molar-refractivity contribution is 0.926. The normalized spacial score (nSPS) is 10.9. The summed E-state index contributed by atoms with van der Waals surface area (Å²) in [6.07, 6.45) is 0. The van der Waals surface area contributed by atoms with Crippen molar-refractivity contribution in [1.29, 1.82) is 5.26 Å². The van der Waals surface area contributed by atoms with Gasteiger partial charge in [-0.15, -0.1) is 12.4 Å². The summed E-state index contributed by atoms with van der Waals surface area (Å²) in [7, 11) is 0. The van der Waals surface area contributed by atoms with Crippen molar-refractivity contribution < 1.29 is 0 Å². The van der Waals surface area contributed by atoms with Gasteiger partial charge in [0.05, 0.1) is 6.07 Å². The van der Waals surface area contributed by atoms with E-state index in [1.807, 2.05) is 36.4 Å². The molecule has 11 heavy (non-hydrogen) atoms. The van der Waals surface area contributed by atoms with E-state index in [4.69, 9.17) is 11.0 Å². The van der Waals surface area contributed by atoms with Crippen LogP contribution in [0.15, 0.2) is 30.3 Å². The maximum Gasteiger partial charge on any atom is 0.118 e. The van der Waals surface area contributed by atoms with Gasteiger partial charge < -0.3 is 5.73 Å². The molecule has 0 aliphatic heterocycles. The topological polar surface area (TPSA) is 49.8 Å². The van der Waals surface area contributed by atoms with Crippen LogP contribution in [0.25, 0.3) is 0 Å². The minimum Gasteiger partial charge on any atom is -0.312 e. The summed E-state index contributed by atoms with van der Waals surface area (Å²) in [4.78, 5) is 0. The van der Waals surface area contributed by atoms with Crippen LogP contribution in [0.5, 0.6) is 0 Å². The van der Waals surface area contributed by atoms with E-state index in [0.29, 0.717) is 0 Å². The third-order valence-electron chi connectivity index (χ3n) is 1.30. The van der Waals surface area contributed by atoms with Gasteiger partial charge in [0, 0.05) is 0 Å². The Hall–Kier alpha value is -1.04. The van der Waals surface area contributed by atoms with E-state index in [9.17, 15) is 0 Å². The first kappa shape index (κ1) is 9.96. The van der Waals surface area contributed by atoms with E-state index in [1.54, 1.807) is 0 Å². The van der Waals surface area contributed by atoms with Gasteiger partial charge in [-0.2, -0.15) is 5.26 Å². The number of rotatable bonds is 1. The van der Waals surface area contributed by atoms with Crippen molar-refractivity contribution in [1.82, 2.24) is 0 Å². The maximum atomic E-state index is 8.41. The molecule has 1 aromatic carbocycles. The smallest absolute Gasteiger partial charge is 0.118 e. The van der Waals surface area contributed by atoms with Gasteiger partial charge in [0.2, 0.25) is 0 Å². The minimum absolute atomic E-state index is 0. The van der Waals surface area contributed by atoms with E-state index in [2.05, 4.69) is 0 Å². The van der Waals surface area contributed by atoms with Gasteiger partial charge >= 0.3 is 0 Å². The molecule has 0 amide bonds. The molecular formula is C8H9ClN2. The Balaban J connectivity index is 0.000001000. The highest BCUT2D eigenvalue weighted by Gasteiger charge is 1.99. The van der Waals surface area contributed by atoms with Gasteiger partial charge in [-0.3, -0.25) is 0 Å². The molecule has 0 bridgehead atoms. The summed E-state index contributed by atoms with van der Waals surface area (Å²) >= 11 is 0. The number of nitrogens with zero attached hydrogens (tertiary/aromatic N) is 1. The molecule has 0 unspecified atom stereocenters. The molecule has 1 rings (SSSR count). The van der Waals surface area contributed by atoms with Gasteiger partial charge in [0.15, 0.2) is 0 Å². The van der Waals surface area contributed by atoms with Crippen LogP contribution in [0.1, 0.15) is 11.6 Å². The molecule has 2 N–H and O–H groups in total. The number of benzene rings is 1. The number of hydrogen-bond acceptors (Lipinski definition) is 2. The third kappa shape index (κ3) is 2.58. The molecule has 0 radical (unpaired) electrons. The lowest BCUT2D eigenvalue weighted by Gasteiger charge is -1.99. The van der Waals surface area contributed by atoms with Crippen molar-refractivity contribution in [3.05, 3.63) is 35.9 Å². The summed E-state index contributed by atoms with van der Waals surface area (Å²) in [6.45, 7) is 0. The Labute approximate surface area is 72.0 Å². The quantitative estimate of drug-likeness (QED) is 0.693. The van der Waals surface area contributed by atoms with E-state index < -0.39 is 6.04 Å². The molecule has 0 saturated carbocycles. The summed E-state index contributed by atoms with van der Waals surface area (Å²) in [5.41, 5.74) is 6.30. The van der Waals surface area contributed by atoms with Crippen LogP contribution in [0.3, 0.4) is 0 Å². The van der Waals surface area contributed by atoms with E-state index in [-0.39, 0.29) is 12.4 Å². The monoisotopic (exact) mass is 168 g/mol. The van der Waals surface area contributed by atoms with Crippen LogP contribution in [0, 0.1) is 11.3 Å². The predicted molar refractivity (Wildman–Crippen MR) is 46.2 cm³/mol. The van der Waals surface area contributed by atoms with Crippen LogP contribution >= 0.6 is 12.4 Å². The predicted octanol–water partition coefficient (Wildman–Crippen LogP) is 1.63. The summed E-state index contributed by atoms with van der Waals surface area (Å²) in [6, 6.07) is 10.8. The molecule has 0 spiro atoms. The number of halogens is 1. The zero-order valence-electron chi connectivity index (χ0n) is 5.90. The molecule has 0 fully saturated rings. The van der Waals surface area contributed by atoms with Crippen molar-refractivity contribution in [2.24, 2.45) is 5.73 Å². The third-order valence-corrected chi connectivity index (χ3v) is 1.30. The van der Waals surface area contributed by atoms with Crippen LogP contribution in [0.2, 0.25) is 0 Å². The Morgan fingerprint density at radius 2 is 1.82 bits per heavy atom. The Bertz CT molecular complexity index is 240. The van der Waals surface area contributed by atoms with Crippen molar-refractivity contribution >= 4 is 12.4 Å². The van der Waals surface area contributed by atoms with Crippen LogP contribution in [-0.4, -0.2) is 0 Å². The first-order valence-corrected chi connectivity index (χ1v) is 3.04. The van der Waals surface area contributed by atoms with Crippen LogP contribution in [-0.2, 0) is 0 Å². The first-order valence-electron chi connectivity index (χ1n) is 3.04. The van der Waals surface area contributed by atoms with Crippen molar-refractivity contribution in [2.75, 3.05) is 0 Å². The largest absolute Gasteiger partial charge is 0.312 e. The fraction of sp³-hybridized carbons (Fsp3) is 0.125. The van der Waals surface area contributed by atoms with E-state index in [1.165, 1.54) is 0 Å². The van der Waals surface area contributed by atoms with Crippen LogP contribution < -0.4 is 5.73 Å². The Kier molecular flexibility index (Phi) is 4.28. The molecule has 58 valence electrons. The summed E-state index contributed by atoms with van der Waals surface area (Å²) in [5, 5.41) is 8.41. The zero-order chi connectivity index (χ0) is 7.40. The highest BCUT2D eigenvalue weighted by Crippen LogP contribution is 2.06. The number of nitriles is 1. The summed E-state index contributed by atoms with van der Waals surface area (Å²) < 4.78 is 0. The molecule has 0 heterocycles. The highest BCUT2D eigenvalue weighted by molar-refractivity contribution is 5.85. The minimum atomic E-state index is -0.485. The molecule has 0 aromatic heterocycles. The fourth-order valence-corrected chi connectivity index (χ4v) is 0.735. The molecule has 1 aromatic rings. The van der Waals surface area contributed by atoms with Gasteiger partial charge in [-0.25, -0.2) is 0 Å². The lowest BCUT2D eigenvalue weighted by Crippen LogP contribution is -2.06. The standard InChI is InChI=1S/C8H8N2.ClH/c9-6-8(10)7-4-2-1-3-5-7;/h1-5,8H,10H2;1H/t8-;/m1./s1. The fourth-order valence-electron chi connectivity index (χ4n) is 0.735. The highest BCUT2D eigenvalue weighted by atomic mass is 35.5. The average Bonchev–Trinajstić information content (AvgIpc) is 2.05. The maximum absolute atomic E-state index is 8.41. The van der Waals surface area contributed by atoms with Crippen molar-refractivity contribution in [3.8, 4) is 6.07 Å². The zero-order valence-corrected chi connectivity index (χ0v) is 6.71. The lowest BCUT2D eigenvalue weighted by atomic mass is 10.1. The average molecular weight is 169 g/mol. The number of hydrogen-bond donors (Lipinski definition) is 1. The second-order valence-corrected chi connectivity index (χ2v) is 2.02. The van der Waals surface area contributed by atoms with Gasteiger partial charge in [-0.1, -0.05) is 30.3 Å². The van der Waals surface area contributed by atoms with Gasteiger partial charge in [-0.05, 0) is 5.56 Å². The van der Waals surface area contributed by atoms with Crippen molar-refractivity contribution in [2.45, 2.75) is 6.04 Å². The molecule has 0 aliphatic carbocycles. The van der Waals surface area contributed by atoms with Crippen molar-refractivity contribution in [3.63, 3.8) is 0 Å². The van der Waals surface area contributed by atoms with Gasteiger partial charge in [0.25, 0.3) is 0 Å². The van der Waals surface area contributed by atoms with Gasteiger partial charge in [0.1, 0.15) is 6.04 Å². The van der Waals surface area contributed by atoms with Crippen LogP contribution in [0.4, 0.5) is 0 Å². The van der Waals surface area contributed by atoms with E-state index in [0.717, 1.165) is 5.56 Å². The van der Waals surface area contributed by atoms with E-state index >= 15 is 0 Å². The summed E-state index contributed by atoms with van der Waals surface area (Å²) in [5.74, 6) is 0. The second-order valence-electron chi connectivity index (χ2n) is 2.02.